The molecule has 3 aromatic carbocycles. The maximum absolute atomic E-state index is 13.0. The van der Waals surface area contributed by atoms with Gasteiger partial charge in [0.2, 0.25) is 0 Å². The van der Waals surface area contributed by atoms with Gasteiger partial charge < -0.3 is 10.1 Å². The molecule has 1 amide bonds. The maximum Gasteiger partial charge on any atom is 0.338 e. The number of amides is 1. The van der Waals surface area contributed by atoms with E-state index in [1.165, 1.54) is 12.1 Å². The molecule has 0 atom stereocenters. The van der Waals surface area contributed by atoms with Crippen molar-refractivity contribution in [2.75, 3.05) is 11.9 Å². The standard InChI is InChI=1S/C23H19ClN2O5/c1-2-31-23(28)17-11-12-21(26(29)30)20(14-17)25-22(27)18-9-5-3-7-15(18)13-16-8-4-6-10-19(16)24/h3-12,14H,2,13H2,1H3,(H,25,27). The Morgan fingerprint density at radius 2 is 1.71 bits per heavy atom. The van der Waals surface area contributed by atoms with Gasteiger partial charge in [0.25, 0.3) is 11.6 Å². The van der Waals surface area contributed by atoms with Crippen molar-refractivity contribution in [3.8, 4) is 0 Å². The molecule has 0 fully saturated rings. The van der Waals surface area contributed by atoms with Crippen LogP contribution in [0.3, 0.4) is 0 Å². The SMILES string of the molecule is CCOC(=O)c1ccc([N+](=O)[O-])c(NC(=O)c2ccccc2Cc2ccccc2Cl)c1. The number of hydrogen-bond acceptors (Lipinski definition) is 5. The van der Waals surface area contributed by atoms with Crippen molar-refractivity contribution in [3.63, 3.8) is 0 Å². The predicted octanol–water partition coefficient (Wildman–Crippen LogP) is 5.27. The number of carbonyl (C=O) groups excluding carboxylic acids is 2. The predicted molar refractivity (Wildman–Crippen MR) is 118 cm³/mol. The van der Waals surface area contributed by atoms with Crippen molar-refractivity contribution in [3.05, 3.63) is 104 Å². The van der Waals surface area contributed by atoms with Gasteiger partial charge in [0.1, 0.15) is 5.69 Å². The van der Waals surface area contributed by atoms with Gasteiger partial charge in [0.15, 0.2) is 0 Å². The minimum absolute atomic E-state index is 0.0897. The van der Waals surface area contributed by atoms with Crippen molar-refractivity contribution in [1.82, 2.24) is 0 Å². The molecule has 3 aromatic rings. The van der Waals surface area contributed by atoms with Crippen molar-refractivity contribution < 1.29 is 19.2 Å². The van der Waals surface area contributed by atoms with Crippen LogP contribution in [0.5, 0.6) is 0 Å². The van der Waals surface area contributed by atoms with E-state index in [2.05, 4.69) is 5.32 Å². The van der Waals surface area contributed by atoms with Crippen LogP contribution >= 0.6 is 11.6 Å². The van der Waals surface area contributed by atoms with Crippen LogP contribution in [0, 0.1) is 10.1 Å². The molecule has 0 saturated carbocycles. The zero-order valence-electron chi connectivity index (χ0n) is 16.6. The first-order valence-corrected chi connectivity index (χ1v) is 9.86. The van der Waals surface area contributed by atoms with E-state index in [1.54, 1.807) is 37.3 Å². The van der Waals surface area contributed by atoms with Gasteiger partial charge in [0, 0.05) is 16.7 Å². The number of nitrogens with one attached hydrogen (secondary N) is 1. The van der Waals surface area contributed by atoms with Gasteiger partial charge in [-0.15, -0.1) is 0 Å². The first kappa shape index (κ1) is 22.0. The molecule has 0 saturated heterocycles. The van der Waals surface area contributed by atoms with Gasteiger partial charge in [-0.1, -0.05) is 48.0 Å². The van der Waals surface area contributed by atoms with E-state index in [9.17, 15) is 19.7 Å². The van der Waals surface area contributed by atoms with Gasteiger partial charge in [-0.25, -0.2) is 4.79 Å². The third-order valence-electron chi connectivity index (χ3n) is 4.55. The summed E-state index contributed by atoms with van der Waals surface area (Å²) in [5, 5.41) is 14.6. The number of nitro groups is 1. The van der Waals surface area contributed by atoms with Crippen molar-refractivity contribution >= 4 is 34.9 Å². The molecule has 0 aromatic heterocycles. The van der Waals surface area contributed by atoms with E-state index in [0.717, 1.165) is 11.6 Å². The Bertz CT molecular complexity index is 1150. The fraction of sp³-hybridized carbons (Fsp3) is 0.130. The molecule has 3 rings (SSSR count). The van der Waals surface area contributed by atoms with Gasteiger partial charge in [-0.2, -0.15) is 0 Å². The average molecular weight is 439 g/mol. The highest BCUT2D eigenvalue weighted by Crippen LogP contribution is 2.27. The van der Waals surface area contributed by atoms with Gasteiger partial charge in [0.05, 0.1) is 17.1 Å². The normalized spacial score (nSPS) is 10.4. The second-order valence-electron chi connectivity index (χ2n) is 6.59. The van der Waals surface area contributed by atoms with Crippen LogP contribution in [-0.2, 0) is 11.2 Å². The van der Waals surface area contributed by atoms with E-state index in [1.807, 2.05) is 18.2 Å². The molecule has 0 aliphatic carbocycles. The highest BCUT2D eigenvalue weighted by molar-refractivity contribution is 6.31. The molecule has 1 N–H and O–H groups in total. The highest BCUT2D eigenvalue weighted by Gasteiger charge is 2.21. The van der Waals surface area contributed by atoms with Gasteiger partial charge in [-0.05, 0) is 48.7 Å². The van der Waals surface area contributed by atoms with Crippen LogP contribution in [0.1, 0.15) is 38.8 Å². The minimum Gasteiger partial charge on any atom is -0.462 e. The van der Waals surface area contributed by atoms with Gasteiger partial charge in [-0.3, -0.25) is 14.9 Å². The third-order valence-corrected chi connectivity index (χ3v) is 4.92. The van der Waals surface area contributed by atoms with Crippen LogP contribution < -0.4 is 5.32 Å². The lowest BCUT2D eigenvalue weighted by Crippen LogP contribution is -2.16. The van der Waals surface area contributed by atoms with Crippen LogP contribution in [-0.4, -0.2) is 23.4 Å². The number of benzene rings is 3. The molecule has 31 heavy (non-hydrogen) atoms. The fourth-order valence-electron chi connectivity index (χ4n) is 3.07. The summed E-state index contributed by atoms with van der Waals surface area (Å²) in [4.78, 5) is 35.8. The number of nitrogens with zero attached hydrogens (tertiary/aromatic N) is 1. The van der Waals surface area contributed by atoms with E-state index < -0.39 is 16.8 Å². The Hall–Kier alpha value is -3.71. The summed E-state index contributed by atoms with van der Waals surface area (Å²) in [5.41, 5.74) is 1.58. The number of esters is 1. The van der Waals surface area contributed by atoms with Crippen molar-refractivity contribution in [2.45, 2.75) is 13.3 Å². The molecule has 8 heteroatoms. The third kappa shape index (κ3) is 5.26. The summed E-state index contributed by atoms with van der Waals surface area (Å²) in [6.07, 6.45) is 0.411. The van der Waals surface area contributed by atoms with E-state index >= 15 is 0 Å². The number of carbonyl (C=O) groups is 2. The molecule has 0 bridgehead atoms. The summed E-state index contributed by atoms with van der Waals surface area (Å²) in [5.74, 6) is -1.17. The Balaban J connectivity index is 1.93. The number of nitro benzene ring substituents is 1. The zero-order chi connectivity index (χ0) is 22.4. The second-order valence-corrected chi connectivity index (χ2v) is 7.00. The van der Waals surface area contributed by atoms with E-state index in [4.69, 9.17) is 16.3 Å². The Morgan fingerprint density at radius 1 is 1.03 bits per heavy atom. The molecule has 0 unspecified atom stereocenters. The molecule has 0 aliphatic rings. The summed E-state index contributed by atoms with van der Waals surface area (Å²) >= 11 is 6.24. The number of rotatable bonds is 7. The zero-order valence-corrected chi connectivity index (χ0v) is 17.4. The summed E-state index contributed by atoms with van der Waals surface area (Å²) in [6.45, 7) is 1.81. The summed E-state index contributed by atoms with van der Waals surface area (Å²) in [7, 11) is 0. The number of halogens is 1. The maximum atomic E-state index is 13.0. The second kappa shape index (κ2) is 9.86. The average Bonchev–Trinajstić information content (AvgIpc) is 2.75. The molecule has 0 aliphatic heterocycles. The van der Waals surface area contributed by atoms with E-state index in [-0.39, 0.29) is 23.5 Å². The molecular formula is C23H19ClN2O5. The molecule has 158 valence electrons. The van der Waals surface area contributed by atoms with E-state index in [0.29, 0.717) is 22.6 Å². The molecule has 0 heterocycles. The summed E-state index contributed by atoms with van der Waals surface area (Å²) in [6, 6.07) is 17.9. The monoisotopic (exact) mass is 438 g/mol. The van der Waals surface area contributed by atoms with Crippen LogP contribution in [0.15, 0.2) is 66.7 Å². The molecular weight excluding hydrogens is 420 g/mol. The number of hydrogen-bond donors (Lipinski definition) is 1. The first-order valence-electron chi connectivity index (χ1n) is 9.49. The van der Waals surface area contributed by atoms with Crippen molar-refractivity contribution in [2.24, 2.45) is 0 Å². The Labute approximate surface area is 183 Å². The van der Waals surface area contributed by atoms with Crippen LogP contribution in [0.2, 0.25) is 5.02 Å². The quantitative estimate of drug-likeness (QED) is 0.308. The Kier molecular flexibility index (Phi) is 6.99. The first-order chi connectivity index (χ1) is 14.9. The van der Waals surface area contributed by atoms with Crippen LogP contribution in [0.25, 0.3) is 0 Å². The summed E-state index contributed by atoms with van der Waals surface area (Å²) < 4.78 is 4.94. The minimum atomic E-state index is -0.632. The lowest BCUT2D eigenvalue weighted by Gasteiger charge is -2.12. The largest absolute Gasteiger partial charge is 0.462 e. The Morgan fingerprint density at radius 3 is 2.39 bits per heavy atom. The van der Waals surface area contributed by atoms with Crippen molar-refractivity contribution in [1.29, 1.82) is 0 Å². The molecule has 0 spiro atoms. The smallest absolute Gasteiger partial charge is 0.338 e. The van der Waals surface area contributed by atoms with Gasteiger partial charge >= 0.3 is 5.97 Å². The molecule has 0 radical (unpaired) electrons. The number of ether oxygens (including phenoxy) is 1. The lowest BCUT2D eigenvalue weighted by atomic mass is 9.99. The highest BCUT2D eigenvalue weighted by atomic mass is 35.5. The lowest BCUT2D eigenvalue weighted by molar-refractivity contribution is -0.383. The fourth-order valence-corrected chi connectivity index (χ4v) is 3.27. The molecule has 7 nitrogen and oxygen atoms in total. The van der Waals surface area contributed by atoms with Crippen LogP contribution in [0.4, 0.5) is 11.4 Å². The number of anilines is 1. The topological polar surface area (TPSA) is 98.5 Å².